The van der Waals surface area contributed by atoms with E-state index in [2.05, 4.69) is 25.9 Å². The van der Waals surface area contributed by atoms with E-state index in [4.69, 9.17) is 4.74 Å². The highest BCUT2D eigenvalue weighted by molar-refractivity contribution is 6.00. The average molecular weight is 464 g/mol. The summed E-state index contributed by atoms with van der Waals surface area (Å²) < 4.78 is 7.00. The second-order valence-electron chi connectivity index (χ2n) is 8.31. The average Bonchev–Trinajstić information content (AvgIpc) is 3.37. The lowest BCUT2D eigenvalue weighted by molar-refractivity contribution is -0.126. The lowest BCUT2D eigenvalue weighted by Crippen LogP contribution is -2.35. The van der Waals surface area contributed by atoms with Crippen molar-refractivity contribution in [2.75, 3.05) is 37.0 Å². The maximum absolute atomic E-state index is 12.6. The zero-order valence-corrected chi connectivity index (χ0v) is 19.8. The van der Waals surface area contributed by atoms with Crippen molar-refractivity contribution in [3.63, 3.8) is 0 Å². The number of rotatable bonds is 8. The van der Waals surface area contributed by atoms with Gasteiger partial charge in [0, 0.05) is 43.5 Å². The molecule has 1 aliphatic heterocycles. The molecule has 0 bridgehead atoms. The van der Waals surface area contributed by atoms with E-state index < -0.39 is 0 Å². The SMILES string of the molecule is COc1cccc(N2CC(C(=O)NCCNc3ccc(-n4nc(C)c(C)c4C)nn3)CC2=O)c1. The molecule has 1 saturated heterocycles. The molecule has 1 unspecified atom stereocenters. The van der Waals surface area contributed by atoms with Gasteiger partial charge < -0.3 is 20.3 Å². The van der Waals surface area contributed by atoms with Crippen LogP contribution in [-0.4, -0.2) is 58.5 Å². The van der Waals surface area contributed by atoms with Gasteiger partial charge in [-0.2, -0.15) is 5.10 Å². The van der Waals surface area contributed by atoms with Gasteiger partial charge in [-0.3, -0.25) is 9.59 Å². The predicted molar refractivity (Wildman–Crippen MR) is 128 cm³/mol. The maximum atomic E-state index is 12.6. The van der Waals surface area contributed by atoms with Gasteiger partial charge in [-0.05, 0) is 50.6 Å². The van der Waals surface area contributed by atoms with Crippen LogP contribution in [0.5, 0.6) is 5.75 Å². The van der Waals surface area contributed by atoms with Gasteiger partial charge >= 0.3 is 0 Å². The number of aryl methyl sites for hydroxylation is 1. The number of amides is 2. The fourth-order valence-electron chi connectivity index (χ4n) is 3.91. The Morgan fingerprint density at radius 1 is 1.15 bits per heavy atom. The minimum atomic E-state index is -0.387. The summed E-state index contributed by atoms with van der Waals surface area (Å²) in [5.74, 6) is 1.34. The van der Waals surface area contributed by atoms with Crippen molar-refractivity contribution < 1.29 is 14.3 Å². The van der Waals surface area contributed by atoms with Crippen LogP contribution in [-0.2, 0) is 9.59 Å². The molecular formula is C24H29N7O3. The van der Waals surface area contributed by atoms with E-state index >= 15 is 0 Å². The molecule has 0 radical (unpaired) electrons. The number of hydrogen-bond acceptors (Lipinski definition) is 7. The monoisotopic (exact) mass is 463 g/mol. The standard InChI is InChI=1S/C24H29N7O3/c1-15-16(2)29-31(17(15)3)22-9-8-21(27-28-22)25-10-11-26-24(33)18-12-23(32)30(14-18)19-6-5-7-20(13-19)34-4/h5-9,13,18H,10-12,14H2,1-4H3,(H,25,27)(H,26,33). The van der Waals surface area contributed by atoms with Crippen LogP contribution in [0.15, 0.2) is 36.4 Å². The molecule has 34 heavy (non-hydrogen) atoms. The van der Waals surface area contributed by atoms with Crippen molar-refractivity contribution in [2.24, 2.45) is 5.92 Å². The van der Waals surface area contributed by atoms with Crippen molar-refractivity contribution >= 4 is 23.3 Å². The number of hydrogen-bond donors (Lipinski definition) is 2. The summed E-state index contributed by atoms with van der Waals surface area (Å²) in [6, 6.07) is 11.0. The molecule has 0 spiro atoms. The number of aromatic nitrogens is 4. The highest BCUT2D eigenvalue weighted by atomic mass is 16.5. The van der Waals surface area contributed by atoms with E-state index in [-0.39, 0.29) is 24.2 Å². The van der Waals surface area contributed by atoms with Crippen molar-refractivity contribution in [1.29, 1.82) is 0 Å². The largest absolute Gasteiger partial charge is 0.497 e. The van der Waals surface area contributed by atoms with E-state index in [0.29, 0.717) is 37.0 Å². The minimum Gasteiger partial charge on any atom is -0.497 e. The van der Waals surface area contributed by atoms with Crippen LogP contribution in [0.2, 0.25) is 0 Å². The fourth-order valence-corrected chi connectivity index (χ4v) is 3.91. The molecule has 2 N–H and O–H groups in total. The normalized spacial score (nSPS) is 15.5. The summed E-state index contributed by atoms with van der Waals surface area (Å²) in [6.07, 6.45) is 0.190. The van der Waals surface area contributed by atoms with Crippen LogP contribution in [0.4, 0.5) is 11.5 Å². The predicted octanol–water partition coefficient (Wildman–Crippen LogP) is 2.18. The smallest absolute Gasteiger partial charge is 0.227 e. The Kier molecular flexibility index (Phi) is 6.76. The number of benzene rings is 1. The van der Waals surface area contributed by atoms with Crippen molar-refractivity contribution in [2.45, 2.75) is 27.2 Å². The summed E-state index contributed by atoms with van der Waals surface area (Å²) in [5.41, 5.74) is 3.87. The molecule has 1 aromatic carbocycles. The molecule has 4 rings (SSSR count). The summed E-state index contributed by atoms with van der Waals surface area (Å²) in [7, 11) is 1.58. The Labute approximate surface area is 198 Å². The minimum absolute atomic E-state index is 0.0697. The van der Waals surface area contributed by atoms with Gasteiger partial charge in [0.15, 0.2) is 5.82 Å². The van der Waals surface area contributed by atoms with Gasteiger partial charge in [-0.1, -0.05) is 6.07 Å². The van der Waals surface area contributed by atoms with Crippen LogP contribution in [0.3, 0.4) is 0 Å². The van der Waals surface area contributed by atoms with Crippen molar-refractivity contribution in [3.05, 3.63) is 53.3 Å². The van der Waals surface area contributed by atoms with Gasteiger partial charge in [0.1, 0.15) is 11.6 Å². The third-order valence-corrected chi connectivity index (χ3v) is 6.11. The highest BCUT2D eigenvalue weighted by Crippen LogP contribution is 2.28. The van der Waals surface area contributed by atoms with Crippen LogP contribution in [0, 0.1) is 26.7 Å². The second-order valence-corrected chi connectivity index (χ2v) is 8.31. The number of anilines is 2. The molecule has 0 saturated carbocycles. The number of ether oxygens (including phenoxy) is 1. The fraction of sp³-hybridized carbons (Fsp3) is 0.375. The van der Waals surface area contributed by atoms with Gasteiger partial charge in [0.2, 0.25) is 11.8 Å². The Bertz CT molecular complexity index is 1190. The molecule has 2 aromatic heterocycles. The molecule has 178 valence electrons. The first-order chi connectivity index (χ1) is 16.4. The summed E-state index contributed by atoms with van der Waals surface area (Å²) in [6.45, 7) is 7.24. The van der Waals surface area contributed by atoms with Crippen LogP contribution in [0.1, 0.15) is 23.4 Å². The Morgan fingerprint density at radius 3 is 2.65 bits per heavy atom. The number of nitrogens with zero attached hydrogens (tertiary/aromatic N) is 5. The zero-order valence-electron chi connectivity index (χ0n) is 19.8. The Hall–Kier alpha value is -3.95. The molecule has 2 amide bonds. The summed E-state index contributed by atoms with van der Waals surface area (Å²) >= 11 is 0. The van der Waals surface area contributed by atoms with E-state index in [0.717, 1.165) is 22.6 Å². The molecule has 0 aliphatic carbocycles. The molecule has 3 heterocycles. The summed E-state index contributed by atoms with van der Waals surface area (Å²) in [5, 5.41) is 19.0. The molecule has 1 fully saturated rings. The highest BCUT2D eigenvalue weighted by Gasteiger charge is 2.35. The van der Waals surface area contributed by atoms with Gasteiger partial charge in [-0.15, -0.1) is 10.2 Å². The van der Waals surface area contributed by atoms with E-state index in [9.17, 15) is 9.59 Å². The summed E-state index contributed by atoms with van der Waals surface area (Å²) in [4.78, 5) is 26.7. The van der Waals surface area contributed by atoms with E-state index in [1.807, 2.05) is 51.1 Å². The molecule has 10 heteroatoms. The first-order valence-electron chi connectivity index (χ1n) is 11.2. The zero-order chi connectivity index (χ0) is 24.2. The van der Waals surface area contributed by atoms with Gasteiger partial charge in [0.25, 0.3) is 0 Å². The molecule has 1 atom stereocenters. The second kappa shape index (κ2) is 9.90. The third-order valence-electron chi connectivity index (χ3n) is 6.11. The lowest BCUT2D eigenvalue weighted by Gasteiger charge is -2.17. The quantitative estimate of drug-likeness (QED) is 0.492. The van der Waals surface area contributed by atoms with Gasteiger partial charge in [-0.25, -0.2) is 4.68 Å². The Balaban J connectivity index is 1.25. The number of carbonyl (C=O) groups is 2. The van der Waals surface area contributed by atoms with Crippen LogP contribution in [0.25, 0.3) is 5.82 Å². The maximum Gasteiger partial charge on any atom is 0.227 e. The number of carbonyl (C=O) groups excluding carboxylic acids is 2. The molecule has 1 aliphatic rings. The van der Waals surface area contributed by atoms with E-state index in [1.54, 1.807) is 22.8 Å². The lowest BCUT2D eigenvalue weighted by atomic mass is 10.1. The first-order valence-corrected chi connectivity index (χ1v) is 11.2. The van der Waals surface area contributed by atoms with Crippen LogP contribution >= 0.6 is 0 Å². The first kappa shape index (κ1) is 23.2. The third kappa shape index (κ3) is 4.85. The van der Waals surface area contributed by atoms with Crippen LogP contribution < -0.4 is 20.3 Å². The number of methoxy groups -OCH3 is 1. The Morgan fingerprint density at radius 2 is 1.97 bits per heavy atom. The molecule has 10 nitrogen and oxygen atoms in total. The topological polar surface area (TPSA) is 114 Å². The van der Waals surface area contributed by atoms with Gasteiger partial charge in [0.05, 0.1) is 18.7 Å². The molecular weight excluding hydrogens is 434 g/mol. The van der Waals surface area contributed by atoms with E-state index in [1.165, 1.54) is 0 Å². The molecule has 3 aromatic rings. The number of nitrogens with one attached hydrogen (secondary N) is 2. The van der Waals surface area contributed by atoms with Crippen molar-refractivity contribution in [3.8, 4) is 11.6 Å². The van der Waals surface area contributed by atoms with Crippen molar-refractivity contribution in [1.82, 2.24) is 25.3 Å².